The van der Waals surface area contributed by atoms with E-state index in [4.69, 9.17) is 15.0 Å². The number of para-hydroxylation sites is 2. The van der Waals surface area contributed by atoms with Crippen LogP contribution in [-0.2, 0) is 5.41 Å². The highest BCUT2D eigenvalue weighted by Gasteiger charge is 2.54. The van der Waals surface area contributed by atoms with E-state index < -0.39 is 5.41 Å². The van der Waals surface area contributed by atoms with E-state index in [1.165, 1.54) is 33.5 Å². The van der Waals surface area contributed by atoms with E-state index in [1.807, 2.05) is 12.1 Å². The zero-order valence-electron chi connectivity index (χ0n) is 28.1. The first-order chi connectivity index (χ1) is 25.8. The molecule has 1 aliphatic heterocycles. The van der Waals surface area contributed by atoms with Gasteiger partial charge in [0.15, 0.2) is 5.82 Å². The second kappa shape index (κ2) is 11.0. The number of hydrogen-bond acceptors (Lipinski definition) is 3. The van der Waals surface area contributed by atoms with Gasteiger partial charge in [0.1, 0.15) is 11.2 Å². The lowest BCUT2D eigenvalue weighted by molar-refractivity contribution is 0.738. The third-order valence-electron chi connectivity index (χ3n) is 10.8. The molecular weight excluding hydrogens is 633 g/mol. The van der Waals surface area contributed by atoms with Crippen LogP contribution in [0, 0.1) is 0 Å². The van der Waals surface area contributed by atoms with Crippen LogP contribution in [0.4, 0.5) is 0 Å². The Morgan fingerprint density at radius 3 is 1.58 bits per heavy atom. The summed E-state index contributed by atoms with van der Waals surface area (Å²) in [6, 6.07) is 64.5. The molecule has 0 bridgehead atoms. The molecule has 0 atom stereocenters. The molecule has 1 aliphatic carbocycles. The maximum atomic E-state index is 5.54. The number of aromatic nitrogens is 4. The molecule has 52 heavy (non-hydrogen) atoms. The number of hydrogen-bond donors (Lipinski definition) is 0. The van der Waals surface area contributed by atoms with E-state index in [1.54, 1.807) is 0 Å². The SMILES string of the molecule is c1ccc(-c2cc(-c3ccccc3)nc(-c3cccc(-c4cccc5nc6n(c45)-c4ccccc4C64c5ccccc5-c5ccccc54)c3)n2)cc1. The average molecular weight is 663 g/mol. The minimum atomic E-state index is -0.512. The lowest BCUT2D eigenvalue weighted by Crippen LogP contribution is -2.27. The lowest BCUT2D eigenvalue weighted by Gasteiger charge is -2.27. The van der Waals surface area contributed by atoms with E-state index in [2.05, 4.69) is 174 Å². The van der Waals surface area contributed by atoms with Crippen LogP contribution >= 0.6 is 0 Å². The second-order valence-electron chi connectivity index (χ2n) is 13.6. The summed E-state index contributed by atoms with van der Waals surface area (Å²) in [5, 5.41) is 0. The van der Waals surface area contributed by atoms with Crippen molar-refractivity contribution in [2.45, 2.75) is 5.41 Å². The Balaban J connectivity index is 1.13. The Morgan fingerprint density at radius 2 is 0.904 bits per heavy atom. The summed E-state index contributed by atoms with van der Waals surface area (Å²) in [6.07, 6.45) is 0. The fourth-order valence-electron chi connectivity index (χ4n) is 8.63. The van der Waals surface area contributed by atoms with Crippen molar-refractivity contribution in [3.05, 3.63) is 205 Å². The average Bonchev–Trinajstić information content (AvgIpc) is 3.85. The molecule has 3 heterocycles. The number of imidazole rings is 1. The predicted molar refractivity (Wildman–Crippen MR) is 209 cm³/mol. The van der Waals surface area contributed by atoms with Crippen molar-refractivity contribution in [2.24, 2.45) is 0 Å². The van der Waals surface area contributed by atoms with Crippen LogP contribution in [0.5, 0.6) is 0 Å². The zero-order chi connectivity index (χ0) is 34.2. The van der Waals surface area contributed by atoms with Gasteiger partial charge >= 0.3 is 0 Å². The van der Waals surface area contributed by atoms with Crippen molar-refractivity contribution in [1.82, 2.24) is 19.5 Å². The van der Waals surface area contributed by atoms with Gasteiger partial charge in [0.25, 0.3) is 0 Å². The highest BCUT2D eigenvalue weighted by molar-refractivity contribution is 5.98. The minimum absolute atomic E-state index is 0.512. The first-order valence-corrected chi connectivity index (χ1v) is 17.7. The van der Waals surface area contributed by atoms with Crippen LogP contribution in [0.1, 0.15) is 22.5 Å². The summed E-state index contributed by atoms with van der Waals surface area (Å²) >= 11 is 0. The Labute approximate surface area is 301 Å². The zero-order valence-corrected chi connectivity index (χ0v) is 28.1. The van der Waals surface area contributed by atoms with Crippen molar-refractivity contribution in [1.29, 1.82) is 0 Å². The van der Waals surface area contributed by atoms with Gasteiger partial charge in [-0.25, -0.2) is 15.0 Å². The highest BCUT2D eigenvalue weighted by atomic mass is 15.1. The van der Waals surface area contributed by atoms with Crippen molar-refractivity contribution in [3.8, 4) is 61.8 Å². The summed E-state index contributed by atoms with van der Waals surface area (Å²) < 4.78 is 2.42. The Kier molecular flexibility index (Phi) is 6.13. The maximum Gasteiger partial charge on any atom is 0.160 e. The molecule has 0 radical (unpaired) electrons. The second-order valence-corrected chi connectivity index (χ2v) is 13.6. The van der Waals surface area contributed by atoms with Gasteiger partial charge in [-0.15, -0.1) is 0 Å². The largest absolute Gasteiger partial charge is 0.294 e. The van der Waals surface area contributed by atoms with E-state index >= 15 is 0 Å². The summed E-state index contributed by atoms with van der Waals surface area (Å²) in [5.41, 5.74) is 16.2. The van der Waals surface area contributed by atoms with Crippen LogP contribution in [0.3, 0.4) is 0 Å². The monoisotopic (exact) mass is 662 g/mol. The van der Waals surface area contributed by atoms with Gasteiger partial charge in [0.05, 0.1) is 28.1 Å². The number of rotatable bonds is 4. The summed E-state index contributed by atoms with van der Waals surface area (Å²) in [6.45, 7) is 0. The molecule has 4 nitrogen and oxygen atoms in total. The van der Waals surface area contributed by atoms with Gasteiger partial charge in [-0.05, 0) is 57.6 Å². The van der Waals surface area contributed by atoms with Crippen molar-refractivity contribution in [3.63, 3.8) is 0 Å². The molecule has 0 N–H and O–H groups in total. The molecular formula is C48H30N4. The molecule has 0 unspecified atom stereocenters. The van der Waals surface area contributed by atoms with E-state index in [0.717, 1.165) is 56.1 Å². The predicted octanol–water partition coefficient (Wildman–Crippen LogP) is 11.2. The number of nitrogens with zero attached hydrogens (tertiary/aromatic N) is 4. The molecule has 0 saturated heterocycles. The highest BCUT2D eigenvalue weighted by Crippen LogP contribution is 2.60. The van der Waals surface area contributed by atoms with E-state index in [9.17, 15) is 0 Å². The van der Waals surface area contributed by atoms with E-state index in [-0.39, 0.29) is 0 Å². The maximum absolute atomic E-state index is 5.54. The molecule has 2 aromatic heterocycles. The van der Waals surface area contributed by atoms with Crippen LogP contribution in [0.25, 0.3) is 72.9 Å². The third-order valence-corrected chi connectivity index (χ3v) is 10.8. The summed E-state index contributed by atoms with van der Waals surface area (Å²) in [5.74, 6) is 1.73. The van der Waals surface area contributed by atoms with Gasteiger partial charge in [0, 0.05) is 22.3 Å². The van der Waals surface area contributed by atoms with E-state index in [0.29, 0.717) is 5.82 Å². The summed E-state index contributed by atoms with van der Waals surface area (Å²) in [4.78, 5) is 15.8. The van der Waals surface area contributed by atoms with Crippen LogP contribution in [0.15, 0.2) is 182 Å². The van der Waals surface area contributed by atoms with Crippen LogP contribution in [0.2, 0.25) is 0 Å². The Morgan fingerprint density at radius 1 is 0.385 bits per heavy atom. The van der Waals surface area contributed by atoms with Gasteiger partial charge < -0.3 is 0 Å². The third kappa shape index (κ3) is 4.00. The van der Waals surface area contributed by atoms with Crippen LogP contribution in [-0.4, -0.2) is 19.5 Å². The standard InChI is InChI=1S/C48H30N4/c1-3-15-31(16-4-1)42-30-43(32-17-5-2-6-18-32)50-46(49-42)34-20-13-19-33(29-34)35-23-14-27-41-45(35)52-44-28-12-11-26-40(44)48(47(52)51-41)38-24-9-7-21-36(38)37-22-8-10-25-39(37)48/h1-30H. The first kappa shape index (κ1) is 28.9. The first-order valence-electron chi connectivity index (χ1n) is 17.7. The van der Waals surface area contributed by atoms with Gasteiger partial charge in [-0.2, -0.15) is 0 Å². The molecule has 0 fully saturated rings. The number of fused-ring (bicyclic) bond motifs is 12. The molecule has 11 rings (SSSR count). The van der Waals surface area contributed by atoms with Gasteiger partial charge in [0.2, 0.25) is 0 Å². The lowest BCUT2D eigenvalue weighted by atomic mass is 9.73. The Bertz CT molecular complexity index is 2750. The smallest absolute Gasteiger partial charge is 0.160 e. The van der Waals surface area contributed by atoms with Gasteiger partial charge in [-0.1, -0.05) is 158 Å². The van der Waals surface area contributed by atoms with Crippen LogP contribution < -0.4 is 0 Å². The molecule has 1 spiro atoms. The quantitative estimate of drug-likeness (QED) is 0.188. The number of benzene rings is 7. The van der Waals surface area contributed by atoms with Crippen molar-refractivity contribution >= 4 is 11.0 Å². The molecule has 0 saturated carbocycles. The fraction of sp³-hybridized carbons (Fsp3) is 0.0208. The van der Waals surface area contributed by atoms with Crippen molar-refractivity contribution in [2.75, 3.05) is 0 Å². The van der Waals surface area contributed by atoms with Gasteiger partial charge in [-0.3, -0.25) is 4.57 Å². The molecule has 242 valence electrons. The molecule has 9 aromatic rings. The molecule has 4 heteroatoms. The molecule has 0 amide bonds. The van der Waals surface area contributed by atoms with Crippen molar-refractivity contribution < 1.29 is 0 Å². The topological polar surface area (TPSA) is 43.6 Å². The molecule has 2 aliphatic rings. The molecule has 7 aromatic carbocycles. The fourth-order valence-corrected chi connectivity index (χ4v) is 8.63. The summed E-state index contributed by atoms with van der Waals surface area (Å²) in [7, 11) is 0. The minimum Gasteiger partial charge on any atom is -0.294 e. The Hall–Kier alpha value is -6.91. The normalized spacial score (nSPS) is 13.2.